The van der Waals surface area contributed by atoms with E-state index in [0.29, 0.717) is 13.0 Å². The van der Waals surface area contributed by atoms with Gasteiger partial charge in [0.1, 0.15) is 6.04 Å². The van der Waals surface area contributed by atoms with Gasteiger partial charge in [0.25, 0.3) is 0 Å². The molecule has 1 aromatic rings. The maximum atomic E-state index is 14.2. The summed E-state index contributed by atoms with van der Waals surface area (Å²) >= 11 is 0. The normalized spacial score (nSPS) is 19.0. The summed E-state index contributed by atoms with van der Waals surface area (Å²) in [5.74, 6) is -0.325. The third-order valence-corrected chi connectivity index (χ3v) is 7.22. The zero-order valence-electron chi connectivity index (χ0n) is 22.5. The molecule has 1 aliphatic rings. The molecule has 0 spiro atoms. The second-order valence-electron chi connectivity index (χ2n) is 10.3. The van der Waals surface area contributed by atoms with Crippen LogP contribution < -0.4 is 5.32 Å². The molecule has 7 nitrogen and oxygen atoms in total. The number of amides is 2. The minimum atomic E-state index is -0.610. The van der Waals surface area contributed by atoms with Crippen LogP contribution in [0.4, 0.5) is 0 Å². The van der Waals surface area contributed by atoms with E-state index < -0.39 is 6.04 Å². The monoisotopic (exact) mass is 487 g/mol. The summed E-state index contributed by atoms with van der Waals surface area (Å²) in [6.07, 6.45) is 4.25. The van der Waals surface area contributed by atoms with Crippen LogP contribution in [-0.2, 0) is 25.7 Å². The number of piperidine rings is 1. The van der Waals surface area contributed by atoms with Crippen LogP contribution in [0.2, 0.25) is 0 Å². The van der Waals surface area contributed by atoms with Gasteiger partial charge in [-0.05, 0) is 43.8 Å². The Balaban J connectivity index is 2.33. The fourth-order valence-corrected chi connectivity index (χ4v) is 4.83. The lowest BCUT2D eigenvalue weighted by atomic mass is 9.93. The van der Waals surface area contributed by atoms with Gasteiger partial charge in [-0.2, -0.15) is 0 Å². The van der Waals surface area contributed by atoms with E-state index in [1.165, 1.54) is 6.92 Å². The number of nitrogens with zero attached hydrogens (tertiary/aromatic N) is 2. The highest BCUT2D eigenvalue weighted by atomic mass is 16.5. The van der Waals surface area contributed by atoms with Crippen molar-refractivity contribution in [1.29, 1.82) is 0 Å². The summed E-state index contributed by atoms with van der Waals surface area (Å²) in [6, 6.07) is 8.97. The summed E-state index contributed by atoms with van der Waals surface area (Å²) in [5, 5.41) is 3.14. The Morgan fingerprint density at radius 1 is 1.14 bits per heavy atom. The number of likely N-dealkylation sites (N-methyl/N-ethyl adjacent to an activating group) is 1. The molecule has 1 heterocycles. The number of benzene rings is 1. The van der Waals surface area contributed by atoms with Crippen molar-refractivity contribution >= 4 is 17.8 Å². The molecule has 0 aromatic heterocycles. The summed E-state index contributed by atoms with van der Waals surface area (Å²) in [4.78, 5) is 42.8. The van der Waals surface area contributed by atoms with E-state index in [9.17, 15) is 14.4 Å². The maximum absolute atomic E-state index is 14.2. The molecule has 0 radical (unpaired) electrons. The first-order chi connectivity index (χ1) is 16.6. The molecule has 1 saturated heterocycles. The topological polar surface area (TPSA) is 79.0 Å². The van der Waals surface area contributed by atoms with Crippen molar-refractivity contribution in [3.8, 4) is 0 Å². The van der Waals surface area contributed by atoms with Gasteiger partial charge in [-0.1, -0.05) is 70.9 Å². The van der Waals surface area contributed by atoms with Gasteiger partial charge >= 0.3 is 5.97 Å². The zero-order valence-corrected chi connectivity index (χ0v) is 22.5. The number of esters is 1. The molecule has 4 atom stereocenters. The SMILES string of the molecule is CCC(C)C(NC(=O)C1CCCCN1C)C(=O)N(Cc1ccccc1)[C@H](CCOC(C)=O)C(C)C. The first-order valence-electron chi connectivity index (χ1n) is 13.1. The van der Waals surface area contributed by atoms with E-state index in [1.807, 2.05) is 56.1 Å². The molecule has 2 amide bonds. The van der Waals surface area contributed by atoms with Crippen LogP contribution in [0, 0.1) is 11.8 Å². The predicted octanol–water partition coefficient (Wildman–Crippen LogP) is 4.01. The Morgan fingerprint density at radius 2 is 1.83 bits per heavy atom. The second kappa shape index (κ2) is 14.2. The molecule has 1 N–H and O–H groups in total. The fourth-order valence-electron chi connectivity index (χ4n) is 4.83. The minimum absolute atomic E-state index is 0.0140. The van der Waals surface area contributed by atoms with E-state index in [1.54, 1.807) is 0 Å². The lowest BCUT2D eigenvalue weighted by Crippen LogP contribution is -2.58. The zero-order chi connectivity index (χ0) is 26.0. The number of hydrogen-bond acceptors (Lipinski definition) is 5. The first kappa shape index (κ1) is 28.8. The van der Waals surface area contributed by atoms with Crippen LogP contribution in [0.5, 0.6) is 0 Å². The van der Waals surface area contributed by atoms with Gasteiger partial charge in [-0.25, -0.2) is 0 Å². The third kappa shape index (κ3) is 8.64. The number of nitrogens with one attached hydrogen (secondary N) is 1. The van der Waals surface area contributed by atoms with Crippen LogP contribution in [0.3, 0.4) is 0 Å². The van der Waals surface area contributed by atoms with Gasteiger partial charge in [-0.15, -0.1) is 0 Å². The van der Waals surface area contributed by atoms with Crippen LogP contribution >= 0.6 is 0 Å². The van der Waals surface area contributed by atoms with Crippen LogP contribution in [0.1, 0.15) is 72.3 Å². The molecule has 0 bridgehead atoms. The van der Waals surface area contributed by atoms with Crippen molar-refractivity contribution in [2.45, 2.75) is 91.4 Å². The molecule has 3 unspecified atom stereocenters. The number of carbonyl (C=O) groups is 3. The van der Waals surface area contributed by atoms with Gasteiger partial charge in [0.2, 0.25) is 11.8 Å². The standard InChI is InChI=1S/C28H45N3O4/c1-7-21(4)26(29-27(33)25-15-11-12-17-30(25)6)28(34)31(19-23-13-9-8-10-14-23)24(20(2)3)16-18-35-22(5)32/h8-10,13-14,20-21,24-26H,7,11-12,15-19H2,1-6H3,(H,29,33)/t21?,24-,25?,26?/m1/s1. The Labute approximate surface area is 211 Å². The molecule has 196 valence electrons. The van der Waals surface area contributed by atoms with Gasteiger partial charge < -0.3 is 15.0 Å². The molecule has 1 aliphatic heterocycles. The van der Waals surface area contributed by atoms with E-state index in [-0.39, 0.29) is 48.3 Å². The molecule has 1 fully saturated rings. The summed E-state index contributed by atoms with van der Waals surface area (Å²) in [5.41, 5.74) is 1.03. The van der Waals surface area contributed by atoms with Crippen molar-refractivity contribution in [2.24, 2.45) is 11.8 Å². The largest absolute Gasteiger partial charge is 0.466 e. The van der Waals surface area contributed by atoms with Crippen molar-refractivity contribution in [3.05, 3.63) is 35.9 Å². The van der Waals surface area contributed by atoms with Crippen LogP contribution in [0.25, 0.3) is 0 Å². The Kier molecular flexibility index (Phi) is 11.7. The van der Waals surface area contributed by atoms with E-state index in [0.717, 1.165) is 37.8 Å². The minimum Gasteiger partial charge on any atom is -0.466 e. The van der Waals surface area contributed by atoms with Crippen LogP contribution in [0.15, 0.2) is 30.3 Å². The van der Waals surface area contributed by atoms with Crippen molar-refractivity contribution < 1.29 is 19.1 Å². The first-order valence-corrected chi connectivity index (χ1v) is 13.1. The lowest BCUT2D eigenvalue weighted by Gasteiger charge is -2.39. The van der Waals surface area contributed by atoms with Gasteiger partial charge in [0, 0.05) is 25.9 Å². The van der Waals surface area contributed by atoms with Gasteiger partial charge in [0.05, 0.1) is 12.6 Å². The number of hydrogen-bond donors (Lipinski definition) is 1. The molecule has 0 aliphatic carbocycles. The molecular formula is C28H45N3O4. The molecule has 2 rings (SSSR count). The number of likely N-dealkylation sites (tertiary alicyclic amines) is 1. The average Bonchev–Trinajstić information content (AvgIpc) is 2.83. The number of rotatable bonds is 12. The third-order valence-electron chi connectivity index (χ3n) is 7.22. The van der Waals surface area contributed by atoms with Crippen molar-refractivity contribution in [3.63, 3.8) is 0 Å². The Bertz CT molecular complexity index is 814. The summed E-state index contributed by atoms with van der Waals surface area (Å²) < 4.78 is 5.24. The highest BCUT2D eigenvalue weighted by Gasteiger charge is 2.37. The predicted molar refractivity (Wildman–Crippen MR) is 139 cm³/mol. The number of carbonyl (C=O) groups excluding carboxylic acids is 3. The maximum Gasteiger partial charge on any atom is 0.302 e. The second-order valence-corrected chi connectivity index (χ2v) is 10.3. The van der Waals surface area contributed by atoms with Gasteiger partial charge in [0.15, 0.2) is 0 Å². The average molecular weight is 488 g/mol. The molecule has 7 heteroatoms. The lowest BCUT2D eigenvalue weighted by molar-refractivity contribution is -0.145. The van der Waals surface area contributed by atoms with Crippen molar-refractivity contribution in [2.75, 3.05) is 20.2 Å². The highest BCUT2D eigenvalue weighted by molar-refractivity contribution is 5.90. The van der Waals surface area contributed by atoms with E-state index >= 15 is 0 Å². The smallest absolute Gasteiger partial charge is 0.302 e. The van der Waals surface area contributed by atoms with Crippen LogP contribution in [-0.4, -0.2) is 65.9 Å². The molecular weight excluding hydrogens is 442 g/mol. The summed E-state index contributed by atoms with van der Waals surface area (Å²) in [7, 11) is 1.98. The van der Waals surface area contributed by atoms with E-state index in [2.05, 4.69) is 24.1 Å². The molecule has 1 aromatic carbocycles. The van der Waals surface area contributed by atoms with Crippen molar-refractivity contribution in [1.82, 2.24) is 15.1 Å². The number of ether oxygens (including phenoxy) is 1. The Morgan fingerprint density at radius 3 is 2.40 bits per heavy atom. The Hall–Kier alpha value is -2.41. The fraction of sp³-hybridized carbons (Fsp3) is 0.679. The summed E-state index contributed by atoms with van der Waals surface area (Å²) in [6.45, 7) is 11.2. The molecule has 0 saturated carbocycles. The molecule has 35 heavy (non-hydrogen) atoms. The van der Waals surface area contributed by atoms with E-state index in [4.69, 9.17) is 4.74 Å². The van der Waals surface area contributed by atoms with Gasteiger partial charge in [-0.3, -0.25) is 19.3 Å². The highest BCUT2D eigenvalue weighted by Crippen LogP contribution is 2.23. The quantitative estimate of drug-likeness (QED) is 0.451.